The minimum absolute atomic E-state index is 0.190. The molecule has 0 aliphatic carbocycles. The molecule has 0 bridgehead atoms. The summed E-state index contributed by atoms with van der Waals surface area (Å²) >= 11 is 1.72. The molecule has 2 aromatic carbocycles. The monoisotopic (exact) mass is 437 g/mol. The average Bonchev–Trinajstić information content (AvgIpc) is 3.29. The number of hydrogen-bond donors (Lipinski definition) is 0. The number of amides is 1. The number of benzene rings is 2. The Hall–Kier alpha value is -3.32. The van der Waals surface area contributed by atoms with E-state index in [1.165, 1.54) is 10.4 Å². The van der Waals surface area contributed by atoms with Crippen molar-refractivity contribution >= 4 is 23.2 Å². The summed E-state index contributed by atoms with van der Waals surface area (Å²) in [6.07, 6.45) is 0.848. The highest BCUT2D eigenvalue weighted by Gasteiger charge is 2.22. The van der Waals surface area contributed by atoms with E-state index in [4.69, 9.17) is 14.2 Å². The molecule has 4 rings (SSSR count). The van der Waals surface area contributed by atoms with Crippen LogP contribution in [0.3, 0.4) is 0 Å². The van der Waals surface area contributed by atoms with Gasteiger partial charge in [-0.2, -0.15) is 0 Å². The minimum atomic E-state index is -0.578. The van der Waals surface area contributed by atoms with Crippen LogP contribution in [0.25, 0.3) is 0 Å². The molecule has 0 saturated heterocycles. The molecule has 1 amide bonds. The number of carbonyl (C=O) groups excluding carboxylic acids is 2. The van der Waals surface area contributed by atoms with Gasteiger partial charge in [-0.15, -0.1) is 11.3 Å². The van der Waals surface area contributed by atoms with Gasteiger partial charge in [-0.1, -0.05) is 30.3 Å². The standard InChI is InChI=1S/C24H23NO5S/c26-23(25-12-10-22-19(14-25)11-13-31-22)16-30-24(27)17-29-21-8-6-20(7-9-21)28-15-18-4-2-1-3-5-18/h1-9,11,13H,10,12,14-17H2. The molecule has 7 heteroatoms. The van der Waals surface area contributed by atoms with Gasteiger partial charge < -0.3 is 19.1 Å². The quantitative estimate of drug-likeness (QED) is 0.501. The average molecular weight is 438 g/mol. The van der Waals surface area contributed by atoms with Crippen molar-refractivity contribution in [1.82, 2.24) is 4.90 Å². The van der Waals surface area contributed by atoms with Crippen LogP contribution in [0.2, 0.25) is 0 Å². The van der Waals surface area contributed by atoms with Crippen molar-refractivity contribution < 1.29 is 23.8 Å². The lowest BCUT2D eigenvalue weighted by Gasteiger charge is -2.26. The first-order chi connectivity index (χ1) is 15.2. The second-order valence-electron chi connectivity index (χ2n) is 7.13. The predicted molar refractivity (Wildman–Crippen MR) is 117 cm³/mol. The summed E-state index contributed by atoms with van der Waals surface area (Å²) in [6.45, 7) is 1.18. The Bertz CT molecular complexity index is 1020. The van der Waals surface area contributed by atoms with Crippen LogP contribution in [-0.2, 0) is 33.9 Å². The van der Waals surface area contributed by atoms with Crippen molar-refractivity contribution in [1.29, 1.82) is 0 Å². The molecule has 3 aromatic rings. The normalized spacial score (nSPS) is 12.7. The van der Waals surface area contributed by atoms with Crippen molar-refractivity contribution in [3.05, 3.63) is 82.0 Å². The maximum absolute atomic E-state index is 12.3. The zero-order valence-electron chi connectivity index (χ0n) is 17.0. The summed E-state index contributed by atoms with van der Waals surface area (Å²) in [5.41, 5.74) is 2.26. The van der Waals surface area contributed by atoms with Crippen molar-refractivity contribution in [2.45, 2.75) is 19.6 Å². The molecule has 1 aliphatic heterocycles. The Kier molecular flexibility index (Phi) is 6.84. The third-order valence-electron chi connectivity index (χ3n) is 4.95. The van der Waals surface area contributed by atoms with E-state index in [0.717, 1.165) is 12.0 Å². The highest BCUT2D eigenvalue weighted by Crippen LogP contribution is 2.24. The summed E-state index contributed by atoms with van der Waals surface area (Å²) in [6, 6.07) is 18.9. The molecule has 0 spiro atoms. The van der Waals surface area contributed by atoms with Gasteiger partial charge in [0.25, 0.3) is 5.91 Å². The molecule has 0 fully saturated rings. The molecular weight excluding hydrogens is 414 g/mol. The molecule has 160 valence electrons. The fourth-order valence-corrected chi connectivity index (χ4v) is 4.14. The largest absolute Gasteiger partial charge is 0.489 e. The molecule has 0 unspecified atom stereocenters. The van der Waals surface area contributed by atoms with Crippen LogP contribution in [0.5, 0.6) is 11.5 Å². The van der Waals surface area contributed by atoms with E-state index < -0.39 is 5.97 Å². The van der Waals surface area contributed by atoms with E-state index in [1.54, 1.807) is 40.5 Å². The number of rotatable bonds is 8. The number of thiophene rings is 1. The van der Waals surface area contributed by atoms with Crippen LogP contribution in [0.15, 0.2) is 66.0 Å². The predicted octanol–water partition coefficient (Wildman–Crippen LogP) is 3.83. The second kappa shape index (κ2) is 10.1. The van der Waals surface area contributed by atoms with Gasteiger partial charge in [0.1, 0.15) is 18.1 Å². The van der Waals surface area contributed by atoms with Crippen molar-refractivity contribution in [2.24, 2.45) is 0 Å². The molecular formula is C24H23NO5S. The van der Waals surface area contributed by atoms with Gasteiger partial charge in [-0.25, -0.2) is 4.79 Å². The van der Waals surface area contributed by atoms with Crippen LogP contribution in [0.1, 0.15) is 16.0 Å². The van der Waals surface area contributed by atoms with Crippen LogP contribution in [0, 0.1) is 0 Å². The smallest absolute Gasteiger partial charge is 0.344 e. The minimum Gasteiger partial charge on any atom is -0.489 e. The van der Waals surface area contributed by atoms with Crippen LogP contribution >= 0.6 is 11.3 Å². The Labute approximate surface area is 185 Å². The van der Waals surface area contributed by atoms with E-state index in [1.807, 2.05) is 41.8 Å². The summed E-state index contributed by atoms with van der Waals surface area (Å²) in [5, 5.41) is 2.04. The van der Waals surface area contributed by atoms with Crippen LogP contribution in [0.4, 0.5) is 0 Å². The van der Waals surface area contributed by atoms with E-state index in [2.05, 4.69) is 0 Å². The third-order valence-corrected chi connectivity index (χ3v) is 5.97. The molecule has 1 aliphatic rings. The van der Waals surface area contributed by atoms with E-state index >= 15 is 0 Å². The lowest BCUT2D eigenvalue weighted by molar-refractivity contribution is -0.154. The van der Waals surface area contributed by atoms with Gasteiger partial charge in [-0.05, 0) is 53.3 Å². The number of fused-ring (bicyclic) bond motifs is 1. The number of esters is 1. The third kappa shape index (κ3) is 5.86. The van der Waals surface area contributed by atoms with Gasteiger partial charge in [0.15, 0.2) is 13.2 Å². The lowest BCUT2D eigenvalue weighted by Crippen LogP contribution is -2.38. The fraction of sp³-hybridized carbons (Fsp3) is 0.250. The Balaban J connectivity index is 1.16. The van der Waals surface area contributed by atoms with Crippen LogP contribution in [-0.4, -0.2) is 36.5 Å². The fourth-order valence-electron chi connectivity index (χ4n) is 3.25. The summed E-state index contributed by atoms with van der Waals surface area (Å²) in [5.74, 6) is 0.465. The molecule has 2 heterocycles. The first kappa shape index (κ1) is 20.9. The SMILES string of the molecule is O=C(COc1ccc(OCc2ccccc2)cc1)OCC(=O)N1CCc2sccc2C1. The van der Waals surface area contributed by atoms with Gasteiger partial charge in [0.05, 0.1) is 0 Å². The maximum Gasteiger partial charge on any atom is 0.344 e. The van der Waals surface area contributed by atoms with Crippen LogP contribution < -0.4 is 9.47 Å². The second-order valence-corrected chi connectivity index (χ2v) is 8.13. The topological polar surface area (TPSA) is 65.1 Å². The first-order valence-corrected chi connectivity index (χ1v) is 10.9. The summed E-state index contributed by atoms with van der Waals surface area (Å²) in [4.78, 5) is 27.3. The Morgan fingerprint density at radius 3 is 2.42 bits per heavy atom. The van der Waals surface area contributed by atoms with Gasteiger partial charge >= 0.3 is 5.97 Å². The van der Waals surface area contributed by atoms with E-state index in [0.29, 0.717) is 31.2 Å². The molecule has 0 atom stereocenters. The first-order valence-electron chi connectivity index (χ1n) is 10.1. The number of nitrogens with zero attached hydrogens (tertiary/aromatic N) is 1. The van der Waals surface area contributed by atoms with E-state index in [-0.39, 0.29) is 19.1 Å². The summed E-state index contributed by atoms with van der Waals surface area (Å²) < 4.78 is 16.3. The van der Waals surface area contributed by atoms with Gasteiger partial charge in [-0.3, -0.25) is 4.79 Å². The maximum atomic E-state index is 12.3. The number of hydrogen-bond acceptors (Lipinski definition) is 6. The molecule has 6 nitrogen and oxygen atoms in total. The van der Waals surface area contributed by atoms with Gasteiger partial charge in [0.2, 0.25) is 0 Å². The molecule has 0 N–H and O–H groups in total. The molecule has 0 radical (unpaired) electrons. The molecule has 31 heavy (non-hydrogen) atoms. The van der Waals surface area contributed by atoms with Crippen molar-refractivity contribution in [3.8, 4) is 11.5 Å². The van der Waals surface area contributed by atoms with E-state index in [9.17, 15) is 9.59 Å². The van der Waals surface area contributed by atoms with Gasteiger partial charge in [0, 0.05) is 18.0 Å². The zero-order chi connectivity index (χ0) is 21.5. The van der Waals surface area contributed by atoms with Crippen molar-refractivity contribution in [3.63, 3.8) is 0 Å². The van der Waals surface area contributed by atoms with Crippen molar-refractivity contribution in [2.75, 3.05) is 19.8 Å². The molecule has 0 saturated carbocycles. The number of ether oxygens (including phenoxy) is 3. The Morgan fingerprint density at radius 1 is 0.903 bits per heavy atom. The number of carbonyl (C=O) groups is 2. The summed E-state index contributed by atoms with van der Waals surface area (Å²) in [7, 11) is 0. The highest BCUT2D eigenvalue weighted by molar-refractivity contribution is 7.10. The Morgan fingerprint density at radius 2 is 1.65 bits per heavy atom. The molecule has 1 aromatic heterocycles. The lowest BCUT2D eigenvalue weighted by atomic mass is 10.1. The highest BCUT2D eigenvalue weighted by atomic mass is 32.1. The zero-order valence-corrected chi connectivity index (χ0v) is 17.8.